The van der Waals surface area contributed by atoms with Crippen LogP contribution in [0, 0.1) is 11.8 Å². The summed E-state index contributed by atoms with van der Waals surface area (Å²) in [4.78, 5) is 28.8. The molecule has 0 fully saturated rings. The van der Waals surface area contributed by atoms with Crippen molar-refractivity contribution in [1.29, 1.82) is 0 Å². The van der Waals surface area contributed by atoms with Gasteiger partial charge in [-0.2, -0.15) is 13.2 Å². The van der Waals surface area contributed by atoms with Crippen LogP contribution in [-0.4, -0.2) is 88.9 Å². The number of ketones is 1. The Hall–Kier alpha value is -2.80. The van der Waals surface area contributed by atoms with Crippen LogP contribution in [-0.2, 0) is 22.5 Å². The van der Waals surface area contributed by atoms with E-state index in [1.165, 1.54) is 13.2 Å². The highest BCUT2D eigenvalue weighted by Gasteiger charge is 2.59. The van der Waals surface area contributed by atoms with Crippen LogP contribution in [0.1, 0.15) is 41.3 Å². The number of aliphatic hydroxyl groups is 2. The Kier molecular flexibility index (Phi) is 7.96. The molecule has 3 aliphatic carbocycles. The zero-order valence-electron chi connectivity index (χ0n) is 22.6. The second-order valence-corrected chi connectivity index (χ2v) is 11.3. The molecule has 1 aromatic rings. The molecule has 0 aromatic heterocycles. The van der Waals surface area contributed by atoms with E-state index >= 15 is 0 Å². The lowest BCUT2D eigenvalue weighted by molar-refractivity contribution is -0.146. The molecule has 9 nitrogen and oxygen atoms in total. The molecule has 0 spiro atoms. The highest BCUT2D eigenvalue weighted by molar-refractivity contribution is 6.33. The maximum Gasteiger partial charge on any atom is 0.401 e. The number of primary amides is 1. The Labute approximate surface area is 234 Å². The van der Waals surface area contributed by atoms with Crippen molar-refractivity contribution in [3.63, 3.8) is 0 Å². The number of likely N-dealkylation sites (N-methyl/N-ethyl adjacent to an activating group) is 1. The van der Waals surface area contributed by atoms with Crippen molar-refractivity contribution in [2.24, 2.45) is 17.6 Å². The number of aromatic hydroxyl groups is 1. The summed E-state index contributed by atoms with van der Waals surface area (Å²) < 4.78 is 45.0. The number of allylic oxidation sites excluding steroid dienone is 1. The topological polar surface area (TPSA) is 137 Å². The number of amides is 1. The van der Waals surface area contributed by atoms with E-state index in [4.69, 9.17) is 22.1 Å². The molecule has 4 atom stereocenters. The second-order valence-electron chi connectivity index (χ2n) is 10.9. The molecular weight excluding hydrogens is 555 g/mol. The Morgan fingerprint density at radius 1 is 1.27 bits per heavy atom. The summed E-state index contributed by atoms with van der Waals surface area (Å²) in [6, 6.07) is 0.398. The van der Waals surface area contributed by atoms with Crippen LogP contribution >= 0.6 is 11.6 Å². The van der Waals surface area contributed by atoms with E-state index in [2.05, 4.69) is 0 Å². The summed E-state index contributed by atoms with van der Waals surface area (Å²) in [6.07, 6.45) is -4.36. The molecule has 40 heavy (non-hydrogen) atoms. The van der Waals surface area contributed by atoms with Gasteiger partial charge >= 0.3 is 6.18 Å². The maximum atomic E-state index is 13.8. The predicted molar refractivity (Wildman–Crippen MR) is 140 cm³/mol. The molecule has 220 valence electrons. The zero-order chi connectivity index (χ0) is 29.9. The van der Waals surface area contributed by atoms with Crippen molar-refractivity contribution in [3.05, 3.63) is 50.4 Å². The minimum Gasteiger partial charge on any atom is -0.510 e. The predicted octanol–water partition coefficient (Wildman–Crippen LogP) is 3.63. The first-order valence-corrected chi connectivity index (χ1v) is 13.2. The number of hydrogen-bond donors (Lipinski definition) is 4. The van der Waals surface area contributed by atoms with Crippen LogP contribution < -0.4 is 5.73 Å². The third-order valence-electron chi connectivity index (χ3n) is 8.41. The van der Waals surface area contributed by atoms with Gasteiger partial charge in [-0.3, -0.25) is 19.4 Å². The third-order valence-corrected chi connectivity index (χ3v) is 8.88. The average molecular weight is 588 g/mol. The summed E-state index contributed by atoms with van der Waals surface area (Å²) in [5, 5.41) is 33.6. The summed E-state index contributed by atoms with van der Waals surface area (Å²) >= 11 is 6.67. The number of benzene rings is 1. The van der Waals surface area contributed by atoms with Crippen LogP contribution in [0.2, 0.25) is 5.02 Å². The number of rotatable bonds is 7. The van der Waals surface area contributed by atoms with E-state index in [1.807, 2.05) is 0 Å². The number of carbonyl (C=O) groups is 2. The highest BCUT2D eigenvalue weighted by Crippen LogP contribution is 2.55. The van der Waals surface area contributed by atoms with Gasteiger partial charge in [-0.15, -0.1) is 0 Å². The molecule has 4 rings (SSSR count). The average Bonchev–Trinajstić information content (AvgIpc) is 2.85. The molecule has 0 heterocycles. The third kappa shape index (κ3) is 4.84. The second kappa shape index (κ2) is 10.6. The number of alkyl halides is 3. The zero-order valence-corrected chi connectivity index (χ0v) is 23.4. The number of halogens is 4. The molecule has 0 saturated carbocycles. The fourth-order valence-electron chi connectivity index (χ4n) is 6.62. The van der Waals surface area contributed by atoms with Crippen molar-refractivity contribution in [1.82, 2.24) is 9.80 Å². The number of hydrogen-bond acceptors (Lipinski definition) is 8. The molecule has 0 radical (unpaired) electrons. The number of phenols is 1. The molecule has 13 heteroatoms. The van der Waals surface area contributed by atoms with Crippen molar-refractivity contribution >= 4 is 23.3 Å². The fraction of sp³-hybridized carbons (Fsp3) is 0.556. The number of carbonyl (C=O) groups excluding carboxylic acids is 2. The fourth-order valence-corrected chi connectivity index (χ4v) is 6.91. The SMILES string of the molecule is CCN(Cc1cc(O)c2c(c1Cl)C[C@H]1C[C@H]3[C@H](N(C)C)C(O)=C(C(N)=O)C[C@@]3(OC)C(O)=C1C2=O)CC(F)(F)F. The van der Waals surface area contributed by atoms with Gasteiger partial charge in [-0.25, -0.2) is 0 Å². The Morgan fingerprint density at radius 2 is 1.93 bits per heavy atom. The quantitative estimate of drug-likeness (QED) is 0.380. The van der Waals surface area contributed by atoms with Crippen molar-refractivity contribution in [2.75, 3.05) is 34.3 Å². The normalized spacial score (nSPS) is 26.8. The van der Waals surface area contributed by atoms with Crippen molar-refractivity contribution < 1.29 is 42.8 Å². The molecule has 1 aromatic carbocycles. The molecule has 5 N–H and O–H groups in total. The number of Topliss-reactive ketones (excluding diaryl/α,β-unsaturated/α-hetero) is 1. The summed E-state index contributed by atoms with van der Waals surface area (Å²) in [7, 11) is 4.70. The number of fused-ring (bicyclic) bond motifs is 3. The van der Waals surface area contributed by atoms with E-state index in [0.717, 1.165) is 4.90 Å². The van der Waals surface area contributed by atoms with Crippen molar-refractivity contribution in [2.45, 2.75) is 50.6 Å². The number of nitrogens with zero attached hydrogens (tertiary/aromatic N) is 2. The Balaban J connectivity index is 1.83. The van der Waals surface area contributed by atoms with E-state index in [0.29, 0.717) is 0 Å². The van der Waals surface area contributed by atoms with E-state index in [-0.39, 0.29) is 71.0 Å². The van der Waals surface area contributed by atoms with E-state index in [1.54, 1.807) is 25.9 Å². The summed E-state index contributed by atoms with van der Waals surface area (Å²) in [5.74, 6) is -3.90. The first-order valence-electron chi connectivity index (χ1n) is 12.8. The van der Waals surface area contributed by atoms with Gasteiger partial charge in [-0.1, -0.05) is 18.5 Å². The van der Waals surface area contributed by atoms with E-state index in [9.17, 15) is 38.1 Å². The number of methoxy groups -OCH3 is 1. The molecule has 0 unspecified atom stereocenters. The molecule has 0 saturated heterocycles. The monoisotopic (exact) mass is 587 g/mol. The Morgan fingerprint density at radius 3 is 2.45 bits per heavy atom. The van der Waals surface area contributed by atoms with Gasteiger partial charge in [0.15, 0.2) is 5.78 Å². The number of ether oxygens (including phenoxy) is 1. The lowest BCUT2D eigenvalue weighted by atomic mass is 9.59. The van der Waals surface area contributed by atoms with Gasteiger partial charge in [0.2, 0.25) is 5.91 Å². The summed E-state index contributed by atoms with van der Waals surface area (Å²) in [5.41, 5.74) is 4.26. The van der Waals surface area contributed by atoms with Gasteiger partial charge < -0.3 is 25.8 Å². The maximum absolute atomic E-state index is 13.8. The molecule has 1 amide bonds. The van der Waals surface area contributed by atoms with Gasteiger partial charge in [0.25, 0.3) is 0 Å². The minimum atomic E-state index is -4.43. The van der Waals surface area contributed by atoms with Crippen molar-refractivity contribution in [3.8, 4) is 5.75 Å². The molecule has 3 aliphatic rings. The minimum absolute atomic E-state index is 0.000288. The standard InChI is InChI=1S/C27H33ClF3N3O6/c1-5-34(11-27(29,30)31)10-13-8-17(35)19-14(20(13)28)6-12-7-16-21(33(2)3)22(36)15(25(32)39)9-26(16,40-4)24(38)18(12)23(19)37/h8,12,16,21,35-36,38H,5-7,9-11H2,1-4H3,(H2,32,39)/t12-,16-,21-,26-/m0/s1. The lowest BCUT2D eigenvalue weighted by Crippen LogP contribution is -2.60. The van der Waals surface area contributed by atoms with Crippen LogP contribution in [0.5, 0.6) is 5.75 Å². The van der Waals surface area contributed by atoms with E-state index < -0.39 is 59.4 Å². The van der Waals surface area contributed by atoms with Gasteiger partial charge in [0, 0.05) is 36.6 Å². The van der Waals surface area contributed by atoms with Gasteiger partial charge in [-0.05, 0) is 56.6 Å². The van der Waals surface area contributed by atoms with Gasteiger partial charge in [0.05, 0.1) is 23.7 Å². The molecular formula is C27H33ClF3N3O6. The number of phenolic OH excluding ortho intramolecular Hbond substituents is 1. The number of aliphatic hydroxyl groups excluding tert-OH is 2. The first kappa shape index (κ1) is 30.2. The summed E-state index contributed by atoms with van der Waals surface area (Å²) in [6.45, 7) is 0.281. The van der Waals surface area contributed by atoms with Crippen LogP contribution in [0.15, 0.2) is 28.7 Å². The van der Waals surface area contributed by atoms with Crippen LogP contribution in [0.25, 0.3) is 0 Å². The van der Waals surface area contributed by atoms with Crippen LogP contribution in [0.4, 0.5) is 13.2 Å². The van der Waals surface area contributed by atoms with Crippen LogP contribution in [0.3, 0.4) is 0 Å². The van der Waals surface area contributed by atoms with Gasteiger partial charge in [0.1, 0.15) is 22.9 Å². The molecule has 0 aliphatic heterocycles. The highest BCUT2D eigenvalue weighted by atomic mass is 35.5. The largest absolute Gasteiger partial charge is 0.510 e. The Bertz CT molecular complexity index is 1310. The lowest BCUT2D eigenvalue weighted by Gasteiger charge is -2.53. The number of nitrogens with two attached hydrogens (primary N) is 1. The first-order chi connectivity index (χ1) is 18.6. The smallest absolute Gasteiger partial charge is 0.401 e. The molecule has 0 bridgehead atoms.